The minimum atomic E-state index is 0. The quantitative estimate of drug-likeness (QED) is 0.931. The number of aromatic nitrogens is 2. The van der Waals surface area contributed by atoms with E-state index in [1.807, 2.05) is 6.07 Å². The number of hydrogen-bond donors (Lipinski definition) is 1. The summed E-state index contributed by atoms with van der Waals surface area (Å²) in [5, 5.41) is 3.33. The van der Waals surface area contributed by atoms with Crippen LogP contribution < -0.4 is 15.0 Å². The summed E-state index contributed by atoms with van der Waals surface area (Å²) in [4.78, 5) is 11.0. The van der Waals surface area contributed by atoms with Crippen LogP contribution in [0, 0.1) is 13.8 Å². The molecule has 0 bridgehead atoms. The summed E-state index contributed by atoms with van der Waals surface area (Å²) < 4.78 is 5.82. The molecule has 0 amide bonds. The zero-order valence-corrected chi connectivity index (χ0v) is 14.4. The van der Waals surface area contributed by atoms with E-state index < -0.39 is 0 Å². The smallest absolute Gasteiger partial charge is 0.228 e. The van der Waals surface area contributed by atoms with Crippen LogP contribution in [0.25, 0.3) is 0 Å². The van der Waals surface area contributed by atoms with Gasteiger partial charge in [-0.15, -0.1) is 12.4 Å². The predicted molar refractivity (Wildman–Crippen MR) is 94.6 cm³/mol. The van der Waals surface area contributed by atoms with E-state index in [-0.39, 0.29) is 12.4 Å². The Bertz CT molecular complexity index is 644. The molecule has 1 aromatic heterocycles. The predicted octanol–water partition coefficient (Wildman–Crippen LogP) is 2.50. The molecule has 1 aliphatic rings. The number of benzene rings is 1. The molecule has 1 N–H and O–H groups in total. The zero-order chi connectivity index (χ0) is 15.4. The van der Waals surface area contributed by atoms with Crippen molar-refractivity contribution in [3.63, 3.8) is 0 Å². The van der Waals surface area contributed by atoms with Crippen molar-refractivity contribution in [1.82, 2.24) is 15.3 Å². The number of hydrogen-bond acceptors (Lipinski definition) is 5. The van der Waals surface area contributed by atoms with E-state index >= 15 is 0 Å². The van der Waals surface area contributed by atoms with Crippen molar-refractivity contribution in [1.29, 1.82) is 0 Å². The van der Waals surface area contributed by atoms with E-state index in [0.29, 0.717) is 12.5 Å². The van der Waals surface area contributed by atoms with Gasteiger partial charge in [-0.3, -0.25) is 0 Å². The minimum Gasteiger partial charge on any atom is -0.473 e. The highest BCUT2D eigenvalue weighted by molar-refractivity contribution is 5.85. The van der Waals surface area contributed by atoms with E-state index in [4.69, 9.17) is 4.74 Å². The van der Waals surface area contributed by atoms with E-state index in [2.05, 4.69) is 52.2 Å². The van der Waals surface area contributed by atoms with Crippen molar-refractivity contribution in [2.45, 2.75) is 20.5 Å². The molecular weight excluding hydrogens is 312 g/mol. The normalized spacial score (nSPS) is 14.3. The second-order valence-electron chi connectivity index (χ2n) is 5.64. The molecule has 0 radical (unpaired) electrons. The van der Waals surface area contributed by atoms with Gasteiger partial charge in [0.2, 0.25) is 11.8 Å². The van der Waals surface area contributed by atoms with E-state index in [1.54, 1.807) is 6.20 Å². The molecule has 1 saturated heterocycles. The molecule has 2 heterocycles. The number of nitrogens with zero attached hydrogens (tertiary/aromatic N) is 3. The van der Waals surface area contributed by atoms with Gasteiger partial charge in [-0.25, -0.2) is 4.98 Å². The van der Waals surface area contributed by atoms with Crippen molar-refractivity contribution in [2.75, 3.05) is 31.1 Å². The van der Waals surface area contributed by atoms with Gasteiger partial charge in [0.15, 0.2) is 0 Å². The zero-order valence-electron chi connectivity index (χ0n) is 13.6. The van der Waals surface area contributed by atoms with Crippen LogP contribution >= 0.6 is 12.4 Å². The standard InChI is InChI=1S/C17H22N4O.ClH/c1-13-3-4-15(11-14(13)2)12-22-16-5-6-19-17(20-16)21-9-7-18-8-10-21;/h3-6,11,18H,7-10,12H2,1-2H3;1H. The second-order valence-corrected chi connectivity index (χ2v) is 5.64. The molecule has 3 rings (SSSR count). The molecule has 0 unspecified atom stereocenters. The second kappa shape index (κ2) is 8.13. The van der Waals surface area contributed by atoms with Crippen molar-refractivity contribution in [3.05, 3.63) is 47.2 Å². The Hall–Kier alpha value is -1.85. The van der Waals surface area contributed by atoms with E-state index in [9.17, 15) is 0 Å². The lowest BCUT2D eigenvalue weighted by atomic mass is 10.1. The molecule has 0 aliphatic carbocycles. The van der Waals surface area contributed by atoms with Gasteiger partial charge in [0.25, 0.3) is 0 Å². The fraction of sp³-hybridized carbons (Fsp3) is 0.412. The molecule has 124 valence electrons. The molecule has 0 spiro atoms. The average Bonchev–Trinajstić information content (AvgIpc) is 2.57. The third-order valence-corrected chi connectivity index (χ3v) is 3.98. The molecule has 1 aromatic carbocycles. The first-order chi connectivity index (χ1) is 10.7. The van der Waals surface area contributed by atoms with Gasteiger partial charge in [-0.05, 0) is 30.5 Å². The topological polar surface area (TPSA) is 50.3 Å². The first-order valence-electron chi connectivity index (χ1n) is 7.70. The summed E-state index contributed by atoms with van der Waals surface area (Å²) in [6, 6.07) is 8.20. The largest absolute Gasteiger partial charge is 0.473 e. The maximum absolute atomic E-state index is 5.82. The van der Waals surface area contributed by atoms with Crippen molar-refractivity contribution < 1.29 is 4.74 Å². The fourth-order valence-corrected chi connectivity index (χ4v) is 2.48. The molecule has 1 fully saturated rings. The molecule has 2 aromatic rings. The lowest BCUT2D eigenvalue weighted by Crippen LogP contribution is -2.44. The highest BCUT2D eigenvalue weighted by Gasteiger charge is 2.13. The Morgan fingerprint density at radius 3 is 2.65 bits per heavy atom. The first kappa shape index (κ1) is 17.5. The molecular formula is C17H23ClN4O. The Morgan fingerprint density at radius 2 is 1.91 bits per heavy atom. The van der Waals surface area contributed by atoms with Crippen LogP contribution in [0.2, 0.25) is 0 Å². The van der Waals surface area contributed by atoms with Gasteiger partial charge in [-0.1, -0.05) is 18.2 Å². The van der Waals surface area contributed by atoms with E-state index in [1.165, 1.54) is 11.1 Å². The van der Waals surface area contributed by atoms with Gasteiger partial charge < -0.3 is 15.0 Å². The van der Waals surface area contributed by atoms with Crippen molar-refractivity contribution in [2.24, 2.45) is 0 Å². The lowest BCUT2D eigenvalue weighted by Gasteiger charge is -2.27. The SMILES string of the molecule is Cc1ccc(COc2ccnc(N3CCNCC3)n2)cc1C.Cl. The fourth-order valence-electron chi connectivity index (χ4n) is 2.48. The lowest BCUT2D eigenvalue weighted by molar-refractivity contribution is 0.293. The highest BCUT2D eigenvalue weighted by Crippen LogP contribution is 2.16. The maximum atomic E-state index is 5.82. The molecule has 6 heteroatoms. The van der Waals surface area contributed by atoms with Gasteiger partial charge >= 0.3 is 0 Å². The van der Waals surface area contributed by atoms with Gasteiger partial charge in [-0.2, -0.15) is 4.98 Å². The number of rotatable bonds is 4. The summed E-state index contributed by atoms with van der Waals surface area (Å²) in [6.07, 6.45) is 1.76. The van der Waals surface area contributed by atoms with Crippen LogP contribution in [0.1, 0.15) is 16.7 Å². The average molecular weight is 335 g/mol. The highest BCUT2D eigenvalue weighted by atomic mass is 35.5. The summed E-state index contributed by atoms with van der Waals surface area (Å²) >= 11 is 0. The summed E-state index contributed by atoms with van der Waals surface area (Å²) in [5.74, 6) is 1.38. The van der Waals surface area contributed by atoms with Gasteiger partial charge in [0.05, 0.1) is 0 Å². The summed E-state index contributed by atoms with van der Waals surface area (Å²) in [5.41, 5.74) is 3.74. The number of halogens is 1. The van der Waals surface area contributed by atoms with Gasteiger partial charge in [0, 0.05) is 38.4 Å². The van der Waals surface area contributed by atoms with Gasteiger partial charge in [0.1, 0.15) is 6.61 Å². The summed E-state index contributed by atoms with van der Waals surface area (Å²) in [6.45, 7) is 8.56. The Balaban J connectivity index is 0.00000192. The van der Waals surface area contributed by atoms with Crippen LogP contribution in [-0.4, -0.2) is 36.1 Å². The van der Waals surface area contributed by atoms with Crippen molar-refractivity contribution >= 4 is 18.4 Å². The number of piperazine rings is 1. The van der Waals surface area contributed by atoms with Crippen LogP contribution in [0.5, 0.6) is 5.88 Å². The van der Waals surface area contributed by atoms with Crippen molar-refractivity contribution in [3.8, 4) is 5.88 Å². The maximum Gasteiger partial charge on any atom is 0.228 e. The molecule has 0 atom stereocenters. The minimum absolute atomic E-state index is 0. The first-order valence-corrected chi connectivity index (χ1v) is 7.70. The molecule has 1 aliphatic heterocycles. The Kier molecular flexibility index (Phi) is 6.19. The third kappa shape index (κ3) is 4.56. The number of ether oxygens (including phenoxy) is 1. The third-order valence-electron chi connectivity index (χ3n) is 3.98. The number of nitrogens with one attached hydrogen (secondary N) is 1. The Morgan fingerprint density at radius 1 is 1.13 bits per heavy atom. The van der Waals surface area contributed by atoms with Crippen LogP contribution in [0.4, 0.5) is 5.95 Å². The number of anilines is 1. The molecule has 0 saturated carbocycles. The van der Waals surface area contributed by atoms with E-state index in [0.717, 1.165) is 37.7 Å². The number of aryl methyl sites for hydroxylation is 2. The monoisotopic (exact) mass is 334 g/mol. The Labute approximate surface area is 143 Å². The van der Waals surface area contributed by atoms with Crippen LogP contribution in [-0.2, 0) is 6.61 Å². The molecule has 5 nitrogen and oxygen atoms in total. The van der Waals surface area contributed by atoms with Crippen LogP contribution in [0.15, 0.2) is 30.5 Å². The molecule has 23 heavy (non-hydrogen) atoms. The summed E-state index contributed by atoms with van der Waals surface area (Å²) in [7, 11) is 0. The van der Waals surface area contributed by atoms with Crippen LogP contribution in [0.3, 0.4) is 0 Å².